The molecule has 3 nitrogen and oxygen atoms in total. The molecule has 1 aliphatic rings. The van der Waals surface area contributed by atoms with Gasteiger partial charge >= 0.3 is 0 Å². The van der Waals surface area contributed by atoms with Gasteiger partial charge in [0.05, 0.1) is 12.7 Å². The van der Waals surface area contributed by atoms with Gasteiger partial charge in [0.2, 0.25) is 0 Å². The molecule has 0 radical (unpaired) electrons. The number of anilines is 1. The zero-order valence-electron chi connectivity index (χ0n) is 16.2. The third kappa shape index (κ3) is 3.94. The first-order chi connectivity index (χ1) is 13.7. The van der Waals surface area contributed by atoms with E-state index in [9.17, 15) is 4.79 Å². The first-order valence-electron chi connectivity index (χ1n) is 9.91. The summed E-state index contributed by atoms with van der Waals surface area (Å²) in [6.07, 6.45) is 5.73. The molecule has 3 aromatic rings. The highest BCUT2D eigenvalue weighted by molar-refractivity contribution is 6.06. The SMILES string of the molecule is COc1cc2c(cc1C(=O)Nc1ccc(-c3ccccc3)cc1)CCCCC2. The van der Waals surface area contributed by atoms with E-state index in [4.69, 9.17) is 4.74 Å². The maximum absolute atomic E-state index is 12.9. The van der Waals surface area contributed by atoms with E-state index in [0.717, 1.165) is 29.7 Å². The van der Waals surface area contributed by atoms with Crippen molar-refractivity contribution in [2.75, 3.05) is 12.4 Å². The van der Waals surface area contributed by atoms with E-state index in [-0.39, 0.29) is 5.91 Å². The number of aryl methyl sites for hydroxylation is 2. The van der Waals surface area contributed by atoms with E-state index >= 15 is 0 Å². The number of methoxy groups -OCH3 is 1. The normalized spacial score (nSPS) is 13.3. The van der Waals surface area contributed by atoms with Crippen LogP contribution >= 0.6 is 0 Å². The number of nitrogens with one attached hydrogen (secondary N) is 1. The molecule has 1 aliphatic carbocycles. The van der Waals surface area contributed by atoms with Gasteiger partial charge in [-0.05, 0) is 72.2 Å². The van der Waals surface area contributed by atoms with Crippen LogP contribution in [0, 0.1) is 0 Å². The van der Waals surface area contributed by atoms with Gasteiger partial charge in [0.15, 0.2) is 0 Å². The molecule has 0 spiro atoms. The lowest BCUT2D eigenvalue weighted by Crippen LogP contribution is -2.14. The molecular formula is C25H25NO2. The van der Waals surface area contributed by atoms with Gasteiger partial charge in [-0.2, -0.15) is 0 Å². The summed E-state index contributed by atoms with van der Waals surface area (Å²) in [5.74, 6) is 0.524. The average molecular weight is 371 g/mol. The molecule has 1 N–H and O–H groups in total. The molecular weight excluding hydrogens is 346 g/mol. The van der Waals surface area contributed by atoms with Crippen LogP contribution < -0.4 is 10.1 Å². The minimum Gasteiger partial charge on any atom is -0.496 e. The van der Waals surface area contributed by atoms with Crippen LogP contribution in [0.5, 0.6) is 5.75 Å². The van der Waals surface area contributed by atoms with Crippen LogP contribution in [-0.4, -0.2) is 13.0 Å². The molecule has 0 fully saturated rings. The topological polar surface area (TPSA) is 38.3 Å². The second-order valence-electron chi connectivity index (χ2n) is 7.28. The number of hydrogen-bond donors (Lipinski definition) is 1. The second kappa shape index (κ2) is 8.30. The molecule has 0 atom stereocenters. The van der Waals surface area contributed by atoms with Gasteiger partial charge < -0.3 is 10.1 Å². The number of benzene rings is 3. The highest BCUT2D eigenvalue weighted by Crippen LogP contribution is 2.29. The molecule has 3 heteroatoms. The van der Waals surface area contributed by atoms with E-state index < -0.39 is 0 Å². The Balaban J connectivity index is 1.56. The van der Waals surface area contributed by atoms with Crippen molar-refractivity contribution in [3.8, 4) is 16.9 Å². The Kier molecular flexibility index (Phi) is 5.43. The molecule has 28 heavy (non-hydrogen) atoms. The number of rotatable bonds is 4. The van der Waals surface area contributed by atoms with E-state index in [1.54, 1.807) is 7.11 Å². The third-order valence-electron chi connectivity index (χ3n) is 5.41. The monoisotopic (exact) mass is 371 g/mol. The summed E-state index contributed by atoms with van der Waals surface area (Å²) in [6.45, 7) is 0. The summed E-state index contributed by atoms with van der Waals surface area (Å²) in [6, 6.07) is 22.2. The van der Waals surface area contributed by atoms with Crippen molar-refractivity contribution in [3.05, 3.63) is 83.4 Å². The molecule has 0 aliphatic heterocycles. The predicted octanol–water partition coefficient (Wildman–Crippen LogP) is 5.88. The quantitative estimate of drug-likeness (QED) is 0.581. The zero-order valence-corrected chi connectivity index (χ0v) is 16.2. The lowest BCUT2D eigenvalue weighted by molar-refractivity contribution is 0.102. The number of fused-ring (bicyclic) bond motifs is 1. The highest BCUT2D eigenvalue weighted by Gasteiger charge is 2.18. The minimum atomic E-state index is -0.128. The van der Waals surface area contributed by atoms with Crippen LogP contribution in [0.1, 0.15) is 40.7 Å². The molecule has 0 saturated carbocycles. The van der Waals surface area contributed by atoms with Crippen molar-refractivity contribution in [1.29, 1.82) is 0 Å². The zero-order chi connectivity index (χ0) is 19.3. The standard InChI is InChI=1S/C25H25NO2/c1-28-24-17-21-11-7-3-6-10-20(21)16-23(24)25(27)26-22-14-12-19(13-15-22)18-8-4-2-5-9-18/h2,4-5,8-9,12-17H,3,6-7,10-11H2,1H3,(H,26,27). The van der Waals surface area contributed by atoms with Crippen LogP contribution in [0.3, 0.4) is 0 Å². The molecule has 142 valence electrons. The number of carbonyl (C=O) groups excluding carboxylic acids is 1. The molecule has 0 unspecified atom stereocenters. The fourth-order valence-electron chi connectivity index (χ4n) is 3.86. The van der Waals surface area contributed by atoms with Crippen LogP contribution in [0.15, 0.2) is 66.7 Å². The predicted molar refractivity (Wildman–Crippen MR) is 114 cm³/mol. The van der Waals surface area contributed by atoms with Crippen LogP contribution in [-0.2, 0) is 12.8 Å². The first-order valence-corrected chi connectivity index (χ1v) is 9.91. The highest BCUT2D eigenvalue weighted by atomic mass is 16.5. The van der Waals surface area contributed by atoms with Crippen LogP contribution in [0.4, 0.5) is 5.69 Å². The van der Waals surface area contributed by atoms with E-state index in [1.165, 1.54) is 30.4 Å². The molecule has 0 heterocycles. The Morgan fingerprint density at radius 1 is 0.821 bits per heavy atom. The van der Waals surface area contributed by atoms with Crippen molar-refractivity contribution in [2.45, 2.75) is 32.1 Å². The van der Waals surface area contributed by atoms with Crippen molar-refractivity contribution < 1.29 is 9.53 Å². The van der Waals surface area contributed by atoms with Gasteiger partial charge in [0, 0.05) is 5.69 Å². The lowest BCUT2D eigenvalue weighted by Gasteiger charge is -2.14. The number of ether oxygens (including phenoxy) is 1. The molecule has 0 aromatic heterocycles. The molecule has 1 amide bonds. The van der Waals surface area contributed by atoms with Gasteiger partial charge in [-0.25, -0.2) is 0 Å². The maximum Gasteiger partial charge on any atom is 0.259 e. The fraction of sp³-hybridized carbons (Fsp3) is 0.240. The average Bonchev–Trinajstić information content (AvgIpc) is 2.98. The molecule has 0 bridgehead atoms. The smallest absolute Gasteiger partial charge is 0.259 e. The van der Waals surface area contributed by atoms with E-state index in [2.05, 4.69) is 17.4 Å². The molecule has 3 aromatic carbocycles. The third-order valence-corrected chi connectivity index (χ3v) is 5.41. The summed E-state index contributed by atoms with van der Waals surface area (Å²) in [5.41, 5.74) is 6.27. The Morgan fingerprint density at radius 2 is 1.46 bits per heavy atom. The number of amides is 1. The number of hydrogen-bond acceptors (Lipinski definition) is 2. The Hall–Kier alpha value is -3.07. The fourth-order valence-corrected chi connectivity index (χ4v) is 3.86. The largest absolute Gasteiger partial charge is 0.496 e. The summed E-state index contributed by atoms with van der Waals surface area (Å²) in [5, 5.41) is 3.02. The van der Waals surface area contributed by atoms with Crippen LogP contribution in [0.25, 0.3) is 11.1 Å². The second-order valence-corrected chi connectivity index (χ2v) is 7.28. The van der Waals surface area contributed by atoms with Gasteiger partial charge in [-0.1, -0.05) is 48.9 Å². The van der Waals surface area contributed by atoms with Crippen molar-refractivity contribution in [2.24, 2.45) is 0 Å². The van der Waals surface area contributed by atoms with Crippen molar-refractivity contribution >= 4 is 11.6 Å². The lowest BCUT2D eigenvalue weighted by atomic mass is 9.98. The van der Waals surface area contributed by atoms with E-state index in [1.807, 2.05) is 54.6 Å². The molecule has 4 rings (SSSR count). The summed E-state index contributed by atoms with van der Waals surface area (Å²) in [4.78, 5) is 12.9. The Bertz CT molecular complexity index is 962. The Labute approximate surface area is 166 Å². The molecule has 0 saturated heterocycles. The van der Waals surface area contributed by atoms with Gasteiger partial charge in [-0.3, -0.25) is 4.79 Å². The first kappa shape index (κ1) is 18.3. The van der Waals surface area contributed by atoms with Crippen LogP contribution in [0.2, 0.25) is 0 Å². The van der Waals surface area contributed by atoms with Crippen molar-refractivity contribution in [1.82, 2.24) is 0 Å². The van der Waals surface area contributed by atoms with Gasteiger partial charge in [-0.15, -0.1) is 0 Å². The summed E-state index contributed by atoms with van der Waals surface area (Å²) in [7, 11) is 1.63. The Morgan fingerprint density at radius 3 is 2.14 bits per heavy atom. The summed E-state index contributed by atoms with van der Waals surface area (Å²) >= 11 is 0. The minimum absolute atomic E-state index is 0.128. The maximum atomic E-state index is 12.9. The number of carbonyl (C=O) groups is 1. The van der Waals surface area contributed by atoms with Gasteiger partial charge in [0.25, 0.3) is 5.91 Å². The van der Waals surface area contributed by atoms with Gasteiger partial charge in [0.1, 0.15) is 5.75 Å². The van der Waals surface area contributed by atoms with E-state index in [0.29, 0.717) is 11.3 Å². The van der Waals surface area contributed by atoms with Crippen molar-refractivity contribution in [3.63, 3.8) is 0 Å². The summed E-state index contributed by atoms with van der Waals surface area (Å²) < 4.78 is 5.53.